The normalized spacial score (nSPS) is 20.7. The van der Waals surface area contributed by atoms with Crippen LogP contribution in [-0.4, -0.2) is 11.7 Å². The van der Waals surface area contributed by atoms with Crippen molar-refractivity contribution >= 4 is 5.69 Å². The second-order valence-corrected chi connectivity index (χ2v) is 3.44. The number of aliphatic hydroxyl groups is 1. The van der Waals surface area contributed by atoms with E-state index >= 15 is 0 Å². The van der Waals surface area contributed by atoms with Gasteiger partial charge in [-0.15, -0.1) is 0 Å². The number of aliphatic hydroxyl groups excluding tert-OH is 1. The Bertz CT molecular complexity index is 338. The van der Waals surface area contributed by atoms with Gasteiger partial charge in [0.2, 0.25) is 0 Å². The predicted octanol–water partition coefficient (Wildman–Crippen LogP) is 1.98. The van der Waals surface area contributed by atoms with E-state index in [-0.39, 0.29) is 5.82 Å². The molecule has 3 heteroatoms. The van der Waals surface area contributed by atoms with Crippen molar-refractivity contribution in [3.05, 3.63) is 29.1 Å². The molecule has 0 radical (unpaired) electrons. The van der Waals surface area contributed by atoms with Gasteiger partial charge in [0.15, 0.2) is 0 Å². The van der Waals surface area contributed by atoms with Gasteiger partial charge in [0.25, 0.3) is 0 Å². The van der Waals surface area contributed by atoms with Crippen LogP contribution >= 0.6 is 0 Å². The average molecular weight is 181 g/mol. The first kappa shape index (κ1) is 8.51. The fraction of sp³-hybridized carbons (Fsp3) is 0.400. The summed E-state index contributed by atoms with van der Waals surface area (Å²) in [6, 6.07) is 3.32. The number of benzene rings is 1. The number of anilines is 1. The molecule has 1 atom stereocenters. The van der Waals surface area contributed by atoms with E-state index in [2.05, 4.69) is 5.32 Å². The smallest absolute Gasteiger partial charge is 0.131 e. The summed E-state index contributed by atoms with van der Waals surface area (Å²) in [5.41, 5.74) is 2.02. The van der Waals surface area contributed by atoms with Crippen LogP contribution in [0.25, 0.3) is 0 Å². The Morgan fingerprint density at radius 3 is 3.08 bits per heavy atom. The second kappa shape index (κ2) is 3.00. The average Bonchev–Trinajstić information content (AvgIpc) is 2.02. The van der Waals surface area contributed by atoms with Gasteiger partial charge in [-0.25, -0.2) is 4.39 Å². The quantitative estimate of drug-likeness (QED) is 0.641. The molecule has 1 aromatic carbocycles. The summed E-state index contributed by atoms with van der Waals surface area (Å²) in [7, 11) is 0. The van der Waals surface area contributed by atoms with Crippen molar-refractivity contribution in [1.82, 2.24) is 0 Å². The predicted molar refractivity (Wildman–Crippen MR) is 49.2 cm³/mol. The van der Waals surface area contributed by atoms with Crippen LogP contribution in [0.4, 0.5) is 10.1 Å². The van der Waals surface area contributed by atoms with Gasteiger partial charge in [0.05, 0.1) is 6.10 Å². The Morgan fingerprint density at radius 1 is 1.54 bits per heavy atom. The molecule has 0 bridgehead atoms. The van der Waals surface area contributed by atoms with Crippen LogP contribution in [0, 0.1) is 12.7 Å². The summed E-state index contributed by atoms with van der Waals surface area (Å²) in [5.74, 6) is -0.310. The SMILES string of the molecule is Cc1cc(F)c2c(c1)NCCC2O. The molecular weight excluding hydrogens is 169 g/mol. The third kappa shape index (κ3) is 1.40. The van der Waals surface area contributed by atoms with Gasteiger partial charge in [-0.1, -0.05) is 0 Å². The number of hydrogen-bond acceptors (Lipinski definition) is 2. The first-order valence-electron chi connectivity index (χ1n) is 4.40. The van der Waals surface area contributed by atoms with Crippen LogP contribution in [0.3, 0.4) is 0 Å². The highest BCUT2D eigenvalue weighted by Crippen LogP contribution is 2.32. The van der Waals surface area contributed by atoms with Crippen molar-refractivity contribution < 1.29 is 9.50 Å². The first-order chi connectivity index (χ1) is 6.18. The van der Waals surface area contributed by atoms with E-state index in [4.69, 9.17) is 0 Å². The Kier molecular flexibility index (Phi) is 1.96. The maximum atomic E-state index is 13.4. The molecule has 1 aliphatic heterocycles. The molecule has 0 aromatic heterocycles. The van der Waals surface area contributed by atoms with Gasteiger partial charge >= 0.3 is 0 Å². The highest BCUT2D eigenvalue weighted by Gasteiger charge is 2.21. The topological polar surface area (TPSA) is 32.3 Å². The van der Waals surface area contributed by atoms with E-state index in [9.17, 15) is 9.50 Å². The van der Waals surface area contributed by atoms with Gasteiger partial charge in [-0.3, -0.25) is 0 Å². The first-order valence-corrected chi connectivity index (χ1v) is 4.40. The molecule has 2 rings (SSSR count). The van der Waals surface area contributed by atoms with Crippen LogP contribution < -0.4 is 5.32 Å². The molecule has 0 spiro atoms. The van der Waals surface area contributed by atoms with Gasteiger partial charge in [-0.2, -0.15) is 0 Å². The van der Waals surface area contributed by atoms with Crippen LogP contribution in [0.15, 0.2) is 12.1 Å². The van der Waals surface area contributed by atoms with Crippen molar-refractivity contribution in [2.75, 3.05) is 11.9 Å². The molecule has 1 aliphatic rings. The number of nitrogens with one attached hydrogen (secondary N) is 1. The summed E-state index contributed by atoms with van der Waals surface area (Å²) in [5, 5.41) is 12.6. The molecule has 1 heterocycles. The highest BCUT2D eigenvalue weighted by molar-refractivity contribution is 5.56. The molecule has 0 fully saturated rings. The van der Waals surface area contributed by atoms with Gasteiger partial charge in [-0.05, 0) is 31.0 Å². The van der Waals surface area contributed by atoms with Gasteiger partial charge in [0.1, 0.15) is 5.82 Å². The fourth-order valence-electron chi connectivity index (χ4n) is 1.73. The molecule has 13 heavy (non-hydrogen) atoms. The zero-order valence-electron chi connectivity index (χ0n) is 7.47. The monoisotopic (exact) mass is 181 g/mol. The lowest BCUT2D eigenvalue weighted by Gasteiger charge is -2.23. The lowest BCUT2D eigenvalue weighted by Crippen LogP contribution is -2.18. The summed E-state index contributed by atoms with van der Waals surface area (Å²) in [6.45, 7) is 2.54. The molecule has 2 nitrogen and oxygen atoms in total. The molecule has 1 unspecified atom stereocenters. The lowest BCUT2D eigenvalue weighted by atomic mass is 9.98. The molecule has 70 valence electrons. The minimum Gasteiger partial charge on any atom is -0.388 e. The van der Waals surface area contributed by atoms with E-state index < -0.39 is 6.10 Å². The summed E-state index contributed by atoms with van der Waals surface area (Å²) >= 11 is 0. The van der Waals surface area contributed by atoms with E-state index in [1.54, 1.807) is 0 Å². The molecule has 0 aliphatic carbocycles. The third-order valence-corrected chi connectivity index (χ3v) is 2.34. The van der Waals surface area contributed by atoms with Crippen molar-refractivity contribution in [2.24, 2.45) is 0 Å². The second-order valence-electron chi connectivity index (χ2n) is 3.44. The molecule has 0 saturated carbocycles. The Morgan fingerprint density at radius 2 is 2.31 bits per heavy atom. The molecular formula is C10H12FNO. The fourth-order valence-corrected chi connectivity index (χ4v) is 1.73. The summed E-state index contributed by atoms with van der Waals surface area (Å²) in [6.07, 6.45) is -0.0793. The standard InChI is InChI=1S/C10H12FNO/c1-6-4-7(11)10-8(5-6)12-3-2-9(10)13/h4-5,9,12-13H,2-3H2,1H3. The van der Waals surface area contributed by atoms with Gasteiger partial charge in [0, 0.05) is 17.8 Å². The van der Waals surface area contributed by atoms with Crippen LogP contribution in [0.5, 0.6) is 0 Å². The zero-order valence-corrected chi connectivity index (χ0v) is 7.47. The highest BCUT2D eigenvalue weighted by atomic mass is 19.1. The number of fused-ring (bicyclic) bond motifs is 1. The Balaban J connectivity index is 2.56. The zero-order chi connectivity index (χ0) is 9.42. The summed E-state index contributed by atoms with van der Waals surface area (Å²) in [4.78, 5) is 0. The summed E-state index contributed by atoms with van der Waals surface area (Å²) < 4.78 is 13.4. The number of hydrogen-bond donors (Lipinski definition) is 2. The molecule has 1 aromatic rings. The van der Waals surface area contributed by atoms with Crippen molar-refractivity contribution in [3.63, 3.8) is 0 Å². The number of rotatable bonds is 0. The largest absolute Gasteiger partial charge is 0.388 e. The molecule has 0 amide bonds. The van der Waals surface area contributed by atoms with Crippen molar-refractivity contribution in [1.29, 1.82) is 0 Å². The van der Waals surface area contributed by atoms with E-state index in [1.165, 1.54) is 6.07 Å². The van der Waals surface area contributed by atoms with Crippen LogP contribution in [-0.2, 0) is 0 Å². The lowest BCUT2D eigenvalue weighted by molar-refractivity contribution is 0.164. The minimum absolute atomic E-state index is 0.310. The van der Waals surface area contributed by atoms with Gasteiger partial charge < -0.3 is 10.4 Å². The molecule has 0 saturated heterocycles. The van der Waals surface area contributed by atoms with Crippen LogP contribution in [0.1, 0.15) is 23.7 Å². The van der Waals surface area contributed by atoms with E-state index in [1.807, 2.05) is 13.0 Å². The van der Waals surface area contributed by atoms with Crippen LogP contribution in [0.2, 0.25) is 0 Å². The number of halogens is 1. The number of aryl methyl sites for hydroxylation is 1. The van der Waals surface area contributed by atoms with E-state index in [0.29, 0.717) is 18.5 Å². The third-order valence-electron chi connectivity index (χ3n) is 2.34. The maximum absolute atomic E-state index is 13.4. The molecule has 2 N–H and O–H groups in total. The van der Waals surface area contributed by atoms with Crippen molar-refractivity contribution in [2.45, 2.75) is 19.4 Å². The minimum atomic E-state index is -0.656. The Labute approximate surface area is 76.4 Å². The van der Waals surface area contributed by atoms with Crippen molar-refractivity contribution in [3.8, 4) is 0 Å². The maximum Gasteiger partial charge on any atom is 0.131 e. The Hall–Kier alpha value is -1.09. The van der Waals surface area contributed by atoms with E-state index in [0.717, 1.165) is 11.3 Å².